The Hall–Kier alpha value is -1.10. The van der Waals surface area contributed by atoms with E-state index in [1.807, 2.05) is 31.2 Å². The average molecular weight is 269 g/mol. The number of benzene rings is 1. The molecule has 98 valence electrons. The van der Waals surface area contributed by atoms with Crippen molar-refractivity contribution in [2.24, 2.45) is 0 Å². The van der Waals surface area contributed by atoms with Gasteiger partial charge in [0, 0.05) is 11.6 Å². The number of ether oxygens (including phenoxy) is 1. The average Bonchev–Trinajstić information content (AvgIpc) is 2.40. The first-order valence-electron chi connectivity index (χ1n) is 6.04. The third-order valence-corrected chi connectivity index (χ3v) is 3.22. The molecule has 0 aromatic heterocycles. The molecule has 2 rings (SSSR count). The second-order valence-electron chi connectivity index (χ2n) is 4.36. The number of hydrogen-bond acceptors (Lipinski definition) is 3. The van der Waals surface area contributed by atoms with Crippen LogP contribution in [0.15, 0.2) is 24.3 Å². The van der Waals surface area contributed by atoms with Crippen molar-refractivity contribution in [3.63, 3.8) is 0 Å². The first-order chi connectivity index (χ1) is 8.66. The number of halogens is 1. The minimum Gasteiger partial charge on any atom is -0.378 e. The number of rotatable bonds is 3. The molecule has 1 aromatic rings. The predicted octanol–water partition coefficient (Wildman–Crippen LogP) is 1.51. The summed E-state index contributed by atoms with van der Waals surface area (Å²) >= 11 is 5.83. The van der Waals surface area contributed by atoms with E-state index in [2.05, 4.69) is 10.6 Å². The van der Waals surface area contributed by atoms with Crippen LogP contribution in [0.25, 0.3) is 0 Å². The largest absolute Gasteiger partial charge is 0.378 e. The van der Waals surface area contributed by atoms with Gasteiger partial charge in [0.05, 0.1) is 19.3 Å². The molecule has 1 aliphatic rings. The monoisotopic (exact) mass is 268 g/mol. The number of carbonyl (C=O) groups is 1. The molecule has 1 fully saturated rings. The molecule has 1 aromatic carbocycles. The molecule has 0 bridgehead atoms. The third kappa shape index (κ3) is 3.45. The van der Waals surface area contributed by atoms with Gasteiger partial charge in [0.25, 0.3) is 0 Å². The first-order valence-corrected chi connectivity index (χ1v) is 6.41. The summed E-state index contributed by atoms with van der Waals surface area (Å²) < 4.78 is 5.27. The number of amides is 1. The van der Waals surface area contributed by atoms with E-state index in [1.54, 1.807) is 0 Å². The Bertz CT molecular complexity index is 402. The van der Waals surface area contributed by atoms with Crippen LogP contribution in [0.3, 0.4) is 0 Å². The van der Waals surface area contributed by atoms with Gasteiger partial charge in [0.15, 0.2) is 0 Å². The molecule has 1 heterocycles. The highest BCUT2D eigenvalue weighted by molar-refractivity contribution is 6.30. The SMILES string of the molecule is C[C@@H](NC(=O)C1COCCN1)c1ccc(Cl)cc1. The van der Waals surface area contributed by atoms with Gasteiger partial charge in [-0.3, -0.25) is 4.79 Å². The molecular formula is C13H17ClN2O2. The smallest absolute Gasteiger partial charge is 0.240 e. The van der Waals surface area contributed by atoms with Gasteiger partial charge in [-0.15, -0.1) is 0 Å². The number of morpholine rings is 1. The zero-order chi connectivity index (χ0) is 13.0. The van der Waals surface area contributed by atoms with Crippen molar-refractivity contribution >= 4 is 17.5 Å². The van der Waals surface area contributed by atoms with E-state index >= 15 is 0 Å². The molecule has 1 amide bonds. The lowest BCUT2D eigenvalue weighted by Gasteiger charge is -2.25. The molecular weight excluding hydrogens is 252 g/mol. The van der Waals surface area contributed by atoms with E-state index in [9.17, 15) is 4.79 Å². The molecule has 1 saturated heterocycles. The van der Waals surface area contributed by atoms with Crippen LogP contribution >= 0.6 is 11.6 Å². The first kappa shape index (κ1) is 13.3. The van der Waals surface area contributed by atoms with Crippen LogP contribution in [0.1, 0.15) is 18.5 Å². The Morgan fingerprint density at radius 1 is 1.50 bits per heavy atom. The molecule has 0 saturated carbocycles. The minimum absolute atomic E-state index is 0.0304. The van der Waals surface area contributed by atoms with Gasteiger partial charge in [0.2, 0.25) is 5.91 Å². The van der Waals surface area contributed by atoms with E-state index in [4.69, 9.17) is 16.3 Å². The molecule has 0 aliphatic carbocycles. The molecule has 0 radical (unpaired) electrons. The Labute approximate surface area is 112 Å². The minimum atomic E-state index is -0.256. The molecule has 2 atom stereocenters. The summed E-state index contributed by atoms with van der Waals surface area (Å²) in [6, 6.07) is 7.17. The molecule has 1 unspecified atom stereocenters. The van der Waals surface area contributed by atoms with Gasteiger partial charge in [-0.05, 0) is 24.6 Å². The topological polar surface area (TPSA) is 50.4 Å². The highest BCUT2D eigenvalue weighted by Gasteiger charge is 2.22. The summed E-state index contributed by atoms with van der Waals surface area (Å²) in [6.45, 7) is 3.76. The van der Waals surface area contributed by atoms with Crippen molar-refractivity contribution in [2.75, 3.05) is 19.8 Å². The van der Waals surface area contributed by atoms with Crippen molar-refractivity contribution in [2.45, 2.75) is 19.0 Å². The lowest BCUT2D eigenvalue weighted by Crippen LogP contribution is -2.51. The number of hydrogen-bond donors (Lipinski definition) is 2. The van der Waals surface area contributed by atoms with Gasteiger partial charge in [0.1, 0.15) is 6.04 Å². The van der Waals surface area contributed by atoms with Crippen LogP contribution in [-0.2, 0) is 9.53 Å². The standard InChI is InChI=1S/C13H17ClN2O2/c1-9(10-2-4-11(14)5-3-10)16-13(17)12-8-18-7-6-15-12/h2-5,9,12,15H,6-8H2,1H3,(H,16,17)/t9-,12?/m1/s1. The summed E-state index contributed by atoms with van der Waals surface area (Å²) in [7, 11) is 0. The van der Waals surface area contributed by atoms with Crippen molar-refractivity contribution in [3.8, 4) is 0 Å². The molecule has 18 heavy (non-hydrogen) atoms. The fourth-order valence-electron chi connectivity index (χ4n) is 1.88. The summed E-state index contributed by atoms with van der Waals surface area (Å²) in [5.41, 5.74) is 1.03. The fourth-order valence-corrected chi connectivity index (χ4v) is 2.01. The maximum atomic E-state index is 12.0. The van der Waals surface area contributed by atoms with E-state index in [-0.39, 0.29) is 18.0 Å². The lowest BCUT2D eigenvalue weighted by molar-refractivity contribution is -0.126. The van der Waals surface area contributed by atoms with Gasteiger partial charge < -0.3 is 15.4 Å². The Balaban J connectivity index is 1.91. The van der Waals surface area contributed by atoms with Crippen LogP contribution in [0.5, 0.6) is 0 Å². The van der Waals surface area contributed by atoms with E-state index in [1.165, 1.54) is 0 Å². The highest BCUT2D eigenvalue weighted by Crippen LogP contribution is 2.16. The Morgan fingerprint density at radius 2 is 2.22 bits per heavy atom. The zero-order valence-electron chi connectivity index (χ0n) is 10.3. The van der Waals surface area contributed by atoms with Crippen LogP contribution < -0.4 is 10.6 Å². The predicted molar refractivity (Wildman–Crippen MR) is 70.6 cm³/mol. The maximum Gasteiger partial charge on any atom is 0.240 e. The van der Waals surface area contributed by atoms with Gasteiger partial charge in [-0.1, -0.05) is 23.7 Å². The van der Waals surface area contributed by atoms with Crippen LogP contribution in [0.2, 0.25) is 5.02 Å². The highest BCUT2D eigenvalue weighted by atomic mass is 35.5. The van der Waals surface area contributed by atoms with Crippen LogP contribution in [0.4, 0.5) is 0 Å². The number of nitrogens with one attached hydrogen (secondary N) is 2. The normalized spacial score (nSPS) is 21.3. The fraction of sp³-hybridized carbons (Fsp3) is 0.462. The second kappa shape index (κ2) is 6.18. The van der Waals surface area contributed by atoms with E-state index < -0.39 is 0 Å². The van der Waals surface area contributed by atoms with Crippen molar-refractivity contribution in [1.82, 2.24) is 10.6 Å². The molecule has 1 aliphatic heterocycles. The molecule has 4 nitrogen and oxygen atoms in total. The van der Waals surface area contributed by atoms with Crippen molar-refractivity contribution in [3.05, 3.63) is 34.9 Å². The summed E-state index contributed by atoms with van der Waals surface area (Å²) in [6.07, 6.45) is 0. The maximum absolute atomic E-state index is 12.0. The quantitative estimate of drug-likeness (QED) is 0.874. The van der Waals surface area contributed by atoms with Crippen LogP contribution in [-0.4, -0.2) is 31.7 Å². The third-order valence-electron chi connectivity index (χ3n) is 2.97. The Morgan fingerprint density at radius 3 is 2.83 bits per heavy atom. The second-order valence-corrected chi connectivity index (χ2v) is 4.80. The summed E-state index contributed by atoms with van der Waals surface area (Å²) in [5, 5.41) is 6.78. The van der Waals surface area contributed by atoms with E-state index in [0.29, 0.717) is 24.8 Å². The molecule has 5 heteroatoms. The van der Waals surface area contributed by atoms with Crippen molar-refractivity contribution < 1.29 is 9.53 Å². The zero-order valence-corrected chi connectivity index (χ0v) is 11.0. The molecule has 2 N–H and O–H groups in total. The summed E-state index contributed by atoms with van der Waals surface area (Å²) in [4.78, 5) is 12.0. The number of carbonyl (C=O) groups excluding carboxylic acids is 1. The Kier molecular flexibility index (Phi) is 4.58. The molecule has 0 spiro atoms. The van der Waals surface area contributed by atoms with Crippen LogP contribution in [0, 0.1) is 0 Å². The van der Waals surface area contributed by atoms with Gasteiger partial charge in [-0.25, -0.2) is 0 Å². The van der Waals surface area contributed by atoms with E-state index in [0.717, 1.165) is 5.56 Å². The van der Waals surface area contributed by atoms with Gasteiger partial charge in [-0.2, -0.15) is 0 Å². The summed E-state index contributed by atoms with van der Waals surface area (Å²) in [5.74, 6) is -0.0304. The van der Waals surface area contributed by atoms with Gasteiger partial charge >= 0.3 is 0 Å². The van der Waals surface area contributed by atoms with Crippen molar-refractivity contribution in [1.29, 1.82) is 0 Å². The lowest BCUT2D eigenvalue weighted by atomic mass is 10.1.